The number of methoxy groups -OCH3 is 1. The van der Waals surface area contributed by atoms with Crippen LogP contribution in [-0.4, -0.2) is 31.1 Å². The zero-order chi connectivity index (χ0) is 13.1. The summed E-state index contributed by atoms with van der Waals surface area (Å²) in [6.07, 6.45) is 0.904. The van der Waals surface area contributed by atoms with Crippen LogP contribution in [0, 0.1) is 0 Å². The Morgan fingerprint density at radius 2 is 2.22 bits per heavy atom. The van der Waals surface area contributed by atoms with Gasteiger partial charge < -0.3 is 15.0 Å². The smallest absolute Gasteiger partial charge is 0.409 e. The van der Waals surface area contributed by atoms with Crippen molar-refractivity contribution in [2.45, 2.75) is 19.4 Å². The third-order valence-corrected chi connectivity index (χ3v) is 2.97. The number of fused-ring (bicyclic) bond motifs is 1. The second-order valence-electron chi connectivity index (χ2n) is 4.37. The summed E-state index contributed by atoms with van der Waals surface area (Å²) in [7, 11) is 3.05. The lowest BCUT2D eigenvalue weighted by molar-refractivity contribution is -0.116. The molecule has 1 heterocycles. The SMILES string of the molecule is COC(=O)N(C)Cc1ccc2c(c1)CCC(=O)N2. The number of rotatable bonds is 2. The number of benzene rings is 1. The van der Waals surface area contributed by atoms with Gasteiger partial charge in [0.2, 0.25) is 5.91 Å². The van der Waals surface area contributed by atoms with Gasteiger partial charge in [-0.15, -0.1) is 0 Å². The minimum absolute atomic E-state index is 0.0573. The number of aryl methyl sites for hydroxylation is 1. The molecule has 1 N–H and O–H groups in total. The van der Waals surface area contributed by atoms with E-state index in [4.69, 9.17) is 0 Å². The number of carbonyl (C=O) groups is 2. The van der Waals surface area contributed by atoms with Crippen molar-refractivity contribution in [3.8, 4) is 0 Å². The van der Waals surface area contributed by atoms with Crippen molar-refractivity contribution < 1.29 is 14.3 Å². The molecule has 0 saturated heterocycles. The normalized spacial score (nSPS) is 13.6. The molecule has 1 aliphatic rings. The van der Waals surface area contributed by atoms with E-state index in [-0.39, 0.29) is 12.0 Å². The fourth-order valence-corrected chi connectivity index (χ4v) is 2.03. The summed E-state index contributed by atoms with van der Waals surface area (Å²) in [6.45, 7) is 0.494. The van der Waals surface area contributed by atoms with Crippen LogP contribution in [0.2, 0.25) is 0 Å². The van der Waals surface area contributed by atoms with Crippen LogP contribution in [0.25, 0.3) is 0 Å². The van der Waals surface area contributed by atoms with Gasteiger partial charge in [0.25, 0.3) is 0 Å². The summed E-state index contributed by atoms with van der Waals surface area (Å²) < 4.78 is 4.64. The molecule has 0 spiro atoms. The third-order valence-electron chi connectivity index (χ3n) is 2.97. The Bertz CT molecular complexity index is 485. The van der Waals surface area contributed by atoms with Gasteiger partial charge in [0, 0.05) is 25.7 Å². The molecule has 96 valence electrons. The van der Waals surface area contributed by atoms with Crippen molar-refractivity contribution in [1.29, 1.82) is 0 Å². The van der Waals surface area contributed by atoms with E-state index in [1.54, 1.807) is 7.05 Å². The highest BCUT2D eigenvalue weighted by Gasteiger charge is 2.15. The third kappa shape index (κ3) is 2.61. The van der Waals surface area contributed by atoms with E-state index < -0.39 is 0 Å². The molecule has 2 amide bonds. The zero-order valence-corrected chi connectivity index (χ0v) is 10.5. The maximum Gasteiger partial charge on any atom is 0.409 e. The van der Waals surface area contributed by atoms with Crippen LogP contribution in [0.1, 0.15) is 17.5 Å². The first-order chi connectivity index (χ1) is 8.60. The second-order valence-corrected chi connectivity index (χ2v) is 4.37. The second kappa shape index (κ2) is 5.08. The highest BCUT2D eigenvalue weighted by Crippen LogP contribution is 2.24. The Morgan fingerprint density at radius 1 is 1.44 bits per heavy atom. The fraction of sp³-hybridized carbons (Fsp3) is 0.385. The Morgan fingerprint density at radius 3 is 2.94 bits per heavy atom. The molecule has 1 aromatic carbocycles. The lowest BCUT2D eigenvalue weighted by atomic mass is 10.0. The number of amides is 2. The summed E-state index contributed by atoms with van der Waals surface area (Å²) in [4.78, 5) is 24.0. The van der Waals surface area contributed by atoms with E-state index in [1.165, 1.54) is 12.0 Å². The highest BCUT2D eigenvalue weighted by atomic mass is 16.5. The maximum absolute atomic E-state index is 11.3. The minimum Gasteiger partial charge on any atom is -0.453 e. The average molecular weight is 248 g/mol. The molecule has 18 heavy (non-hydrogen) atoms. The van der Waals surface area contributed by atoms with Crippen LogP contribution in [0.5, 0.6) is 0 Å². The predicted molar refractivity (Wildman–Crippen MR) is 67.3 cm³/mol. The van der Waals surface area contributed by atoms with Gasteiger partial charge >= 0.3 is 6.09 Å². The van der Waals surface area contributed by atoms with Gasteiger partial charge in [-0.3, -0.25) is 4.79 Å². The number of hydrogen-bond acceptors (Lipinski definition) is 3. The molecule has 0 aliphatic carbocycles. The standard InChI is InChI=1S/C13H16N2O3/c1-15(13(17)18-2)8-9-3-5-11-10(7-9)4-6-12(16)14-11/h3,5,7H,4,6,8H2,1-2H3,(H,14,16). The Hall–Kier alpha value is -2.04. The van der Waals surface area contributed by atoms with Crippen molar-refractivity contribution in [3.05, 3.63) is 29.3 Å². The van der Waals surface area contributed by atoms with Crippen LogP contribution in [0.3, 0.4) is 0 Å². The van der Waals surface area contributed by atoms with Gasteiger partial charge in [0.1, 0.15) is 0 Å². The molecule has 1 aliphatic heterocycles. The van der Waals surface area contributed by atoms with Crippen molar-refractivity contribution in [2.24, 2.45) is 0 Å². The maximum atomic E-state index is 11.3. The van der Waals surface area contributed by atoms with Crippen molar-refractivity contribution >= 4 is 17.7 Å². The topological polar surface area (TPSA) is 58.6 Å². The zero-order valence-electron chi connectivity index (χ0n) is 10.5. The van der Waals surface area contributed by atoms with Crippen LogP contribution in [-0.2, 0) is 22.5 Å². The molecule has 0 atom stereocenters. The molecule has 0 unspecified atom stereocenters. The van der Waals surface area contributed by atoms with Crippen molar-refractivity contribution in [3.63, 3.8) is 0 Å². The van der Waals surface area contributed by atoms with Crippen LogP contribution in [0.15, 0.2) is 18.2 Å². The molecular formula is C13H16N2O3. The van der Waals surface area contributed by atoms with Gasteiger partial charge in [-0.05, 0) is 23.6 Å². The summed E-state index contributed by atoms with van der Waals surface area (Å²) >= 11 is 0. The summed E-state index contributed by atoms with van der Waals surface area (Å²) in [5, 5.41) is 2.83. The van der Waals surface area contributed by atoms with E-state index >= 15 is 0 Å². The molecule has 5 heteroatoms. The monoisotopic (exact) mass is 248 g/mol. The minimum atomic E-state index is -0.360. The Labute approximate surface area is 106 Å². The summed E-state index contributed by atoms with van der Waals surface area (Å²) in [5.74, 6) is 0.0573. The first kappa shape index (κ1) is 12.4. The van der Waals surface area contributed by atoms with Gasteiger partial charge in [0.15, 0.2) is 0 Å². The number of nitrogens with zero attached hydrogens (tertiary/aromatic N) is 1. The lowest BCUT2D eigenvalue weighted by Crippen LogP contribution is -2.26. The van der Waals surface area contributed by atoms with Gasteiger partial charge in [-0.1, -0.05) is 12.1 Å². The molecule has 1 aromatic rings. The fourth-order valence-electron chi connectivity index (χ4n) is 2.03. The van der Waals surface area contributed by atoms with Crippen LogP contribution >= 0.6 is 0 Å². The van der Waals surface area contributed by atoms with E-state index in [0.29, 0.717) is 13.0 Å². The average Bonchev–Trinajstić information content (AvgIpc) is 2.38. The highest BCUT2D eigenvalue weighted by molar-refractivity contribution is 5.93. The van der Waals surface area contributed by atoms with E-state index in [0.717, 1.165) is 23.2 Å². The molecule has 5 nitrogen and oxygen atoms in total. The Kier molecular flexibility index (Phi) is 3.50. The first-order valence-electron chi connectivity index (χ1n) is 5.81. The van der Waals surface area contributed by atoms with E-state index in [1.807, 2.05) is 18.2 Å². The lowest BCUT2D eigenvalue weighted by Gasteiger charge is -2.20. The van der Waals surface area contributed by atoms with Gasteiger partial charge in [0.05, 0.1) is 7.11 Å². The first-order valence-corrected chi connectivity index (χ1v) is 5.81. The van der Waals surface area contributed by atoms with Crippen molar-refractivity contribution in [2.75, 3.05) is 19.5 Å². The molecular weight excluding hydrogens is 232 g/mol. The van der Waals surface area contributed by atoms with E-state index in [9.17, 15) is 9.59 Å². The molecule has 2 rings (SSSR count). The predicted octanol–water partition coefficient (Wildman–Crippen LogP) is 1.77. The largest absolute Gasteiger partial charge is 0.453 e. The number of anilines is 1. The van der Waals surface area contributed by atoms with Crippen LogP contribution < -0.4 is 5.32 Å². The molecule has 0 saturated carbocycles. The van der Waals surface area contributed by atoms with Gasteiger partial charge in [-0.2, -0.15) is 0 Å². The molecule has 0 bridgehead atoms. The van der Waals surface area contributed by atoms with Crippen LogP contribution in [0.4, 0.5) is 10.5 Å². The number of nitrogens with one attached hydrogen (secondary N) is 1. The van der Waals surface area contributed by atoms with E-state index in [2.05, 4.69) is 10.1 Å². The number of ether oxygens (including phenoxy) is 1. The number of carbonyl (C=O) groups excluding carboxylic acids is 2. The quantitative estimate of drug-likeness (QED) is 0.867. The Balaban J connectivity index is 2.12. The summed E-state index contributed by atoms with van der Waals surface area (Å²) in [6, 6.07) is 5.81. The molecule has 0 radical (unpaired) electrons. The number of hydrogen-bond donors (Lipinski definition) is 1. The molecule has 0 aromatic heterocycles. The van der Waals surface area contributed by atoms with Gasteiger partial charge in [-0.25, -0.2) is 4.79 Å². The van der Waals surface area contributed by atoms with Crippen molar-refractivity contribution in [1.82, 2.24) is 4.90 Å². The summed E-state index contributed by atoms with van der Waals surface area (Å²) in [5.41, 5.74) is 3.01. The molecule has 0 fully saturated rings.